The highest BCUT2D eigenvalue weighted by Gasteiger charge is 2.07. The van der Waals surface area contributed by atoms with Gasteiger partial charge < -0.3 is 20.6 Å². The molecule has 0 saturated heterocycles. The zero-order chi connectivity index (χ0) is 15.0. The fraction of sp³-hybridized carbons (Fsp3) is 0.692. The third-order valence-electron chi connectivity index (χ3n) is 2.79. The summed E-state index contributed by atoms with van der Waals surface area (Å²) in [6.07, 6.45) is 4.48. The number of anilines is 1. The average Bonchev–Trinajstić information content (AvgIpc) is 2.82. The molecule has 1 heterocycles. The number of urea groups is 1. The normalized spacial score (nSPS) is 12.4. The van der Waals surface area contributed by atoms with Crippen LogP contribution in [-0.2, 0) is 6.54 Å². The number of aliphatic hydroxyl groups excluding tert-OH is 1. The Bertz CT molecular complexity index is 405. The Kier molecular flexibility index (Phi) is 7.03. The van der Waals surface area contributed by atoms with Gasteiger partial charge in [0.05, 0.1) is 24.5 Å². The Hall–Kier alpha value is -1.60. The monoisotopic (exact) mass is 283 g/mol. The van der Waals surface area contributed by atoms with E-state index in [1.807, 2.05) is 21.0 Å². The lowest BCUT2D eigenvalue weighted by Crippen LogP contribution is -2.35. The van der Waals surface area contributed by atoms with E-state index in [9.17, 15) is 9.90 Å². The van der Waals surface area contributed by atoms with Crippen LogP contribution in [0.2, 0.25) is 0 Å². The Balaban J connectivity index is 2.31. The summed E-state index contributed by atoms with van der Waals surface area (Å²) in [5.74, 6) is 0. The van der Waals surface area contributed by atoms with E-state index in [0.29, 0.717) is 12.1 Å². The molecule has 1 aromatic rings. The van der Waals surface area contributed by atoms with Crippen molar-refractivity contribution in [3.05, 3.63) is 12.4 Å². The fourth-order valence-electron chi connectivity index (χ4n) is 1.67. The summed E-state index contributed by atoms with van der Waals surface area (Å²) < 4.78 is 1.78. The second-order valence-corrected chi connectivity index (χ2v) is 5.07. The van der Waals surface area contributed by atoms with Gasteiger partial charge in [0.2, 0.25) is 0 Å². The first-order chi connectivity index (χ1) is 9.51. The van der Waals surface area contributed by atoms with Crippen LogP contribution < -0.4 is 10.6 Å². The lowest BCUT2D eigenvalue weighted by atomic mass is 10.2. The van der Waals surface area contributed by atoms with E-state index < -0.39 is 6.10 Å². The van der Waals surface area contributed by atoms with Crippen molar-refractivity contribution in [2.45, 2.75) is 32.4 Å². The van der Waals surface area contributed by atoms with Crippen molar-refractivity contribution in [1.82, 2.24) is 20.0 Å². The van der Waals surface area contributed by atoms with E-state index in [2.05, 4.69) is 20.6 Å². The molecule has 3 N–H and O–H groups in total. The lowest BCUT2D eigenvalue weighted by Gasteiger charge is -2.11. The van der Waals surface area contributed by atoms with Crippen LogP contribution in [-0.4, -0.2) is 59.1 Å². The number of nitrogens with one attached hydrogen (secondary N) is 2. The lowest BCUT2D eigenvalue weighted by molar-refractivity contribution is 0.162. The van der Waals surface area contributed by atoms with Crippen LogP contribution in [0.1, 0.15) is 19.8 Å². The molecule has 2 amide bonds. The molecule has 1 unspecified atom stereocenters. The predicted octanol–water partition coefficient (Wildman–Crippen LogP) is 0.727. The number of carbonyl (C=O) groups excluding carboxylic acids is 1. The molecule has 7 nitrogen and oxygen atoms in total. The van der Waals surface area contributed by atoms with Gasteiger partial charge in [-0.1, -0.05) is 13.3 Å². The van der Waals surface area contributed by atoms with Crippen molar-refractivity contribution < 1.29 is 9.90 Å². The van der Waals surface area contributed by atoms with Crippen LogP contribution in [0, 0.1) is 0 Å². The Morgan fingerprint density at radius 1 is 1.55 bits per heavy atom. The molecule has 0 aromatic carbocycles. The molecule has 1 atom stereocenters. The minimum absolute atomic E-state index is 0.258. The first-order valence-electron chi connectivity index (χ1n) is 6.91. The highest BCUT2D eigenvalue weighted by atomic mass is 16.3. The summed E-state index contributed by atoms with van der Waals surface area (Å²) in [5, 5.41) is 19.0. The molecule has 0 spiro atoms. The minimum atomic E-state index is -0.492. The smallest absolute Gasteiger partial charge is 0.319 e. The standard InChI is InChI=1S/C13H25N5O2/c1-4-5-12(19)9-14-13(20)16-11-8-15-18(10-11)7-6-17(2)3/h8,10,12,19H,4-7,9H2,1-3H3,(H2,14,16,20). The average molecular weight is 283 g/mol. The molecular weight excluding hydrogens is 258 g/mol. The fourth-order valence-corrected chi connectivity index (χ4v) is 1.67. The minimum Gasteiger partial charge on any atom is -0.391 e. The summed E-state index contributed by atoms with van der Waals surface area (Å²) in [6, 6.07) is -0.327. The maximum Gasteiger partial charge on any atom is 0.319 e. The molecule has 0 saturated carbocycles. The van der Waals surface area contributed by atoms with Crippen LogP contribution in [0.3, 0.4) is 0 Å². The van der Waals surface area contributed by atoms with E-state index in [4.69, 9.17) is 0 Å². The topological polar surface area (TPSA) is 82.4 Å². The molecule has 7 heteroatoms. The van der Waals surface area contributed by atoms with Gasteiger partial charge in [-0.15, -0.1) is 0 Å². The van der Waals surface area contributed by atoms with Crippen LogP contribution in [0.4, 0.5) is 10.5 Å². The van der Waals surface area contributed by atoms with Gasteiger partial charge in [-0.3, -0.25) is 4.68 Å². The summed E-state index contributed by atoms with van der Waals surface area (Å²) in [5.41, 5.74) is 0.645. The Morgan fingerprint density at radius 3 is 2.95 bits per heavy atom. The predicted molar refractivity (Wildman–Crippen MR) is 78.7 cm³/mol. The molecular formula is C13H25N5O2. The van der Waals surface area contributed by atoms with Crippen molar-refractivity contribution in [2.75, 3.05) is 32.5 Å². The van der Waals surface area contributed by atoms with Gasteiger partial charge in [-0.2, -0.15) is 5.10 Å². The second-order valence-electron chi connectivity index (χ2n) is 5.07. The Morgan fingerprint density at radius 2 is 2.30 bits per heavy atom. The number of rotatable bonds is 8. The number of amides is 2. The van der Waals surface area contributed by atoms with Gasteiger partial charge in [0.25, 0.3) is 0 Å². The van der Waals surface area contributed by atoms with Crippen molar-refractivity contribution in [2.24, 2.45) is 0 Å². The van der Waals surface area contributed by atoms with Gasteiger partial charge in [-0.25, -0.2) is 4.79 Å². The van der Waals surface area contributed by atoms with Crippen molar-refractivity contribution >= 4 is 11.7 Å². The van der Waals surface area contributed by atoms with Crippen molar-refractivity contribution in [3.63, 3.8) is 0 Å². The van der Waals surface area contributed by atoms with E-state index >= 15 is 0 Å². The number of likely N-dealkylation sites (N-methyl/N-ethyl adjacent to an activating group) is 1. The number of aliphatic hydroxyl groups is 1. The number of aromatic nitrogens is 2. The summed E-state index contributed by atoms with van der Waals surface area (Å²) in [4.78, 5) is 13.7. The van der Waals surface area contributed by atoms with Crippen LogP contribution in [0.5, 0.6) is 0 Å². The van der Waals surface area contributed by atoms with Crippen molar-refractivity contribution in [3.8, 4) is 0 Å². The van der Waals surface area contributed by atoms with Gasteiger partial charge in [0.15, 0.2) is 0 Å². The maximum atomic E-state index is 11.6. The number of carbonyl (C=O) groups is 1. The molecule has 20 heavy (non-hydrogen) atoms. The summed E-state index contributed by atoms with van der Waals surface area (Å²) >= 11 is 0. The highest BCUT2D eigenvalue weighted by molar-refractivity contribution is 5.88. The molecule has 0 aliphatic heterocycles. The van der Waals surface area contributed by atoms with E-state index in [0.717, 1.165) is 19.5 Å². The first kappa shape index (κ1) is 16.5. The van der Waals surface area contributed by atoms with Gasteiger partial charge >= 0.3 is 6.03 Å². The summed E-state index contributed by atoms with van der Waals surface area (Å²) in [7, 11) is 4.00. The molecule has 0 aliphatic rings. The molecule has 0 radical (unpaired) electrons. The number of hydrogen-bond donors (Lipinski definition) is 3. The molecule has 0 aliphatic carbocycles. The zero-order valence-electron chi connectivity index (χ0n) is 12.5. The molecule has 1 aromatic heterocycles. The third kappa shape index (κ3) is 6.53. The molecule has 0 fully saturated rings. The van der Waals surface area contributed by atoms with E-state index in [1.165, 1.54) is 0 Å². The zero-order valence-corrected chi connectivity index (χ0v) is 12.5. The van der Waals surface area contributed by atoms with Crippen molar-refractivity contribution in [1.29, 1.82) is 0 Å². The maximum absolute atomic E-state index is 11.6. The van der Waals surface area contributed by atoms with Crippen LogP contribution in [0.15, 0.2) is 12.4 Å². The Labute approximate surface area is 120 Å². The van der Waals surface area contributed by atoms with Gasteiger partial charge in [-0.05, 0) is 20.5 Å². The third-order valence-corrected chi connectivity index (χ3v) is 2.79. The number of hydrogen-bond acceptors (Lipinski definition) is 4. The van der Waals surface area contributed by atoms with Crippen LogP contribution in [0.25, 0.3) is 0 Å². The molecule has 0 bridgehead atoms. The SMILES string of the molecule is CCCC(O)CNC(=O)Nc1cnn(CCN(C)C)c1. The highest BCUT2D eigenvalue weighted by Crippen LogP contribution is 2.04. The quantitative estimate of drug-likeness (QED) is 0.657. The van der Waals surface area contributed by atoms with E-state index in [1.54, 1.807) is 17.1 Å². The first-order valence-corrected chi connectivity index (χ1v) is 6.91. The van der Waals surface area contributed by atoms with Gasteiger partial charge in [0.1, 0.15) is 0 Å². The molecule has 114 valence electrons. The second kappa shape index (κ2) is 8.55. The van der Waals surface area contributed by atoms with Crippen LogP contribution >= 0.6 is 0 Å². The number of nitrogens with zero attached hydrogens (tertiary/aromatic N) is 3. The van der Waals surface area contributed by atoms with E-state index in [-0.39, 0.29) is 12.6 Å². The summed E-state index contributed by atoms with van der Waals surface area (Å²) in [6.45, 7) is 3.90. The largest absolute Gasteiger partial charge is 0.391 e. The van der Waals surface area contributed by atoms with Gasteiger partial charge in [0, 0.05) is 19.3 Å². The molecule has 1 rings (SSSR count).